The van der Waals surface area contributed by atoms with Gasteiger partial charge in [-0.2, -0.15) is 5.10 Å². The maximum absolute atomic E-state index is 13.1. The predicted molar refractivity (Wildman–Crippen MR) is 119 cm³/mol. The van der Waals surface area contributed by atoms with Gasteiger partial charge in [0, 0.05) is 36.0 Å². The monoisotopic (exact) mass is 465 g/mol. The number of amides is 1. The van der Waals surface area contributed by atoms with E-state index in [9.17, 15) is 13.6 Å². The second-order valence-electron chi connectivity index (χ2n) is 7.98. The number of carbonyl (C=O) groups excluding carboxylic acids is 1. The van der Waals surface area contributed by atoms with Gasteiger partial charge in [-0.1, -0.05) is 28.6 Å². The summed E-state index contributed by atoms with van der Waals surface area (Å²) in [4.78, 5) is 21.8. The minimum Gasteiger partial charge on any atom is -0.396 e. The molecule has 0 radical (unpaired) electrons. The van der Waals surface area contributed by atoms with Crippen molar-refractivity contribution in [2.75, 3.05) is 13.2 Å². The van der Waals surface area contributed by atoms with Crippen LogP contribution in [-0.4, -0.2) is 39.5 Å². The van der Waals surface area contributed by atoms with E-state index in [1.807, 2.05) is 20.8 Å². The first-order valence-electron chi connectivity index (χ1n) is 9.95. The molecule has 0 atom stereocenters. The SMILES string of the molecule is CCO/N=C(\CNC(=O)Cc1cn(C)nc1C(F)F)c1ncc(C#CC(C)(C)C)cc1Cl. The molecule has 2 rings (SSSR count). The van der Waals surface area contributed by atoms with E-state index < -0.39 is 18.0 Å². The molecule has 0 aliphatic heterocycles. The summed E-state index contributed by atoms with van der Waals surface area (Å²) in [5.41, 5.74) is 0.834. The molecule has 0 spiro atoms. The van der Waals surface area contributed by atoms with Crippen molar-refractivity contribution in [2.45, 2.75) is 40.5 Å². The van der Waals surface area contributed by atoms with Crippen molar-refractivity contribution in [1.29, 1.82) is 0 Å². The fraction of sp³-hybridized carbons (Fsp3) is 0.455. The van der Waals surface area contributed by atoms with E-state index in [0.29, 0.717) is 28.6 Å². The van der Waals surface area contributed by atoms with E-state index in [1.165, 1.54) is 17.9 Å². The lowest BCUT2D eigenvalue weighted by atomic mass is 9.97. The molecule has 32 heavy (non-hydrogen) atoms. The molecule has 0 bridgehead atoms. The van der Waals surface area contributed by atoms with Gasteiger partial charge in [-0.15, -0.1) is 0 Å². The van der Waals surface area contributed by atoms with Crippen LogP contribution in [0.4, 0.5) is 8.78 Å². The summed E-state index contributed by atoms with van der Waals surface area (Å²) in [6, 6.07) is 1.66. The maximum Gasteiger partial charge on any atom is 0.282 e. The van der Waals surface area contributed by atoms with Gasteiger partial charge in [-0.3, -0.25) is 14.5 Å². The Bertz CT molecular complexity index is 1050. The fourth-order valence-corrected chi connectivity index (χ4v) is 2.85. The van der Waals surface area contributed by atoms with Gasteiger partial charge >= 0.3 is 0 Å². The van der Waals surface area contributed by atoms with Crippen LogP contribution in [0.5, 0.6) is 0 Å². The highest BCUT2D eigenvalue weighted by Crippen LogP contribution is 2.21. The number of carbonyl (C=O) groups is 1. The lowest BCUT2D eigenvalue weighted by Crippen LogP contribution is -2.32. The summed E-state index contributed by atoms with van der Waals surface area (Å²) in [7, 11) is 1.52. The highest BCUT2D eigenvalue weighted by Gasteiger charge is 2.20. The van der Waals surface area contributed by atoms with Crippen molar-refractivity contribution in [3.05, 3.63) is 46.0 Å². The molecule has 1 amide bonds. The summed E-state index contributed by atoms with van der Waals surface area (Å²) in [6.07, 6.45) is -0.0606. The predicted octanol–water partition coefficient (Wildman–Crippen LogP) is 3.90. The third-order valence-electron chi connectivity index (χ3n) is 3.95. The van der Waals surface area contributed by atoms with Gasteiger partial charge in [-0.25, -0.2) is 8.78 Å². The average Bonchev–Trinajstić information content (AvgIpc) is 3.07. The largest absolute Gasteiger partial charge is 0.396 e. The zero-order valence-corrected chi connectivity index (χ0v) is 19.4. The average molecular weight is 466 g/mol. The van der Waals surface area contributed by atoms with Crippen LogP contribution in [0.15, 0.2) is 23.6 Å². The van der Waals surface area contributed by atoms with Crippen molar-refractivity contribution in [1.82, 2.24) is 20.1 Å². The molecule has 0 saturated carbocycles. The standard InChI is InChI=1S/C22H26ClF2N5O2/c1-6-32-29-17(20-16(23)9-14(11-27-20)7-8-22(2,3)4)12-26-18(31)10-15-13-30(5)28-19(15)21(24)25/h9,11,13,21H,6,10,12H2,1-5H3,(H,26,31)/b29-17+. The number of aromatic nitrogens is 3. The molecular weight excluding hydrogens is 440 g/mol. The Morgan fingerprint density at radius 3 is 2.72 bits per heavy atom. The molecule has 2 heterocycles. The van der Waals surface area contributed by atoms with Crippen molar-refractivity contribution in [3.8, 4) is 11.8 Å². The number of nitrogens with zero attached hydrogens (tertiary/aromatic N) is 4. The summed E-state index contributed by atoms with van der Waals surface area (Å²) in [5, 5.41) is 10.6. The molecule has 0 aliphatic carbocycles. The topological polar surface area (TPSA) is 81.4 Å². The van der Waals surface area contributed by atoms with Crippen LogP contribution in [0.25, 0.3) is 0 Å². The first-order chi connectivity index (χ1) is 15.0. The highest BCUT2D eigenvalue weighted by molar-refractivity contribution is 6.34. The number of rotatable bonds is 8. The normalized spacial score (nSPS) is 11.8. The van der Waals surface area contributed by atoms with Gasteiger partial charge in [-0.05, 0) is 33.8 Å². The summed E-state index contributed by atoms with van der Waals surface area (Å²) in [5.74, 6) is 5.65. The Morgan fingerprint density at radius 1 is 1.41 bits per heavy atom. The van der Waals surface area contributed by atoms with E-state index in [0.717, 1.165) is 0 Å². The number of aryl methyl sites for hydroxylation is 1. The minimum atomic E-state index is -2.77. The summed E-state index contributed by atoms with van der Waals surface area (Å²) in [6.45, 7) is 7.99. The first-order valence-corrected chi connectivity index (χ1v) is 10.3. The second kappa shape index (κ2) is 11.0. The second-order valence-corrected chi connectivity index (χ2v) is 8.38. The van der Waals surface area contributed by atoms with Crippen LogP contribution in [0.3, 0.4) is 0 Å². The van der Waals surface area contributed by atoms with Crippen molar-refractivity contribution < 1.29 is 18.4 Å². The lowest BCUT2D eigenvalue weighted by molar-refractivity contribution is -0.120. The molecule has 2 aromatic rings. The summed E-state index contributed by atoms with van der Waals surface area (Å²) >= 11 is 6.38. The van der Waals surface area contributed by atoms with Gasteiger partial charge in [0.05, 0.1) is 18.0 Å². The smallest absolute Gasteiger partial charge is 0.282 e. The van der Waals surface area contributed by atoms with Crippen LogP contribution in [0, 0.1) is 17.3 Å². The molecule has 172 valence electrons. The van der Waals surface area contributed by atoms with E-state index in [-0.39, 0.29) is 23.9 Å². The molecular formula is C22H26ClF2N5O2. The van der Waals surface area contributed by atoms with Gasteiger partial charge in [0.2, 0.25) is 5.91 Å². The molecule has 0 aromatic carbocycles. The Balaban J connectivity index is 2.16. The van der Waals surface area contributed by atoms with E-state index >= 15 is 0 Å². The number of hydrogen-bond donors (Lipinski definition) is 1. The third-order valence-corrected chi connectivity index (χ3v) is 4.24. The zero-order valence-electron chi connectivity index (χ0n) is 18.7. The van der Waals surface area contributed by atoms with Crippen LogP contribution in [0.1, 0.15) is 56.6 Å². The van der Waals surface area contributed by atoms with Crippen molar-refractivity contribution in [2.24, 2.45) is 17.6 Å². The van der Waals surface area contributed by atoms with E-state index in [2.05, 4.69) is 32.4 Å². The van der Waals surface area contributed by atoms with E-state index in [4.69, 9.17) is 16.4 Å². The molecule has 0 saturated heterocycles. The van der Waals surface area contributed by atoms with Crippen LogP contribution in [0.2, 0.25) is 5.02 Å². The van der Waals surface area contributed by atoms with Crippen molar-refractivity contribution in [3.63, 3.8) is 0 Å². The van der Waals surface area contributed by atoms with Gasteiger partial charge in [0.25, 0.3) is 6.43 Å². The highest BCUT2D eigenvalue weighted by atomic mass is 35.5. The number of alkyl halides is 2. The number of halogens is 3. The number of hydrogen-bond acceptors (Lipinski definition) is 5. The molecule has 7 nitrogen and oxygen atoms in total. The Kier molecular flexibility index (Phi) is 8.72. The Morgan fingerprint density at radius 2 is 2.12 bits per heavy atom. The lowest BCUT2D eigenvalue weighted by Gasteiger charge is -2.10. The summed E-state index contributed by atoms with van der Waals surface area (Å²) < 4.78 is 27.4. The molecule has 0 unspecified atom stereocenters. The van der Waals surface area contributed by atoms with E-state index in [1.54, 1.807) is 19.2 Å². The van der Waals surface area contributed by atoms with Gasteiger partial charge in [0.1, 0.15) is 23.7 Å². The Labute approximate surface area is 191 Å². The fourth-order valence-electron chi connectivity index (χ4n) is 2.57. The van der Waals surface area contributed by atoms with Crippen LogP contribution >= 0.6 is 11.6 Å². The molecule has 10 heteroatoms. The van der Waals surface area contributed by atoms with Gasteiger partial charge < -0.3 is 10.2 Å². The number of pyridine rings is 1. The zero-order chi connectivity index (χ0) is 23.9. The van der Waals surface area contributed by atoms with Crippen LogP contribution < -0.4 is 5.32 Å². The number of nitrogens with one attached hydrogen (secondary N) is 1. The Hall–Kier alpha value is -2.99. The maximum atomic E-state index is 13.1. The minimum absolute atomic E-state index is 0.0527. The first kappa shape index (κ1) is 25.3. The number of oxime groups is 1. The molecule has 0 aliphatic rings. The molecule has 2 aromatic heterocycles. The molecule has 1 N–H and O–H groups in total. The van der Waals surface area contributed by atoms with Gasteiger partial charge in [0.15, 0.2) is 0 Å². The van der Waals surface area contributed by atoms with Crippen molar-refractivity contribution >= 4 is 23.2 Å². The molecule has 0 fully saturated rings. The van der Waals surface area contributed by atoms with Crippen LogP contribution in [-0.2, 0) is 23.1 Å². The third kappa shape index (κ3) is 7.61. The quantitative estimate of drug-likeness (QED) is 0.364.